The molecule has 0 radical (unpaired) electrons. The highest BCUT2D eigenvalue weighted by molar-refractivity contribution is 5.71. The minimum absolute atomic E-state index is 0.0721. The Bertz CT molecular complexity index is 1030. The minimum Gasteiger partial charge on any atom is -0.462 e. The fourth-order valence-corrected chi connectivity index (χ4v) is 7.63. The van der Waals surface area contributed by atoms with Gasteiger partial charge in [0, 0.05) is 19.3 Å². The van der Waals surface area contributed by atoms with Crippen molar-refractivity contribution >= 4 is 17.9 Å². The molecule has 6 heteroatoms. The zero-order chi connectivity index (χ0) is 44.4. The quantitative estimate of drug-likeness (QED) is 0.0262. The standard InChI is InChI=1S/C55H100O6/c1-4-7-10-13-16-19-22-25-26-27-28-29-30-31-34-36-39-42-45-48-54(57)60-51-52(61-55(58)49-46-43-40-37-33-24-21-18-15-12-9-6-3)50-59-53(56)47-44-41-38-35-32-23-20-17-14-11-8-5-2/h16,19,25-26,28-29,52H,4-15,17-18,20-24,27,30-51H2,1-3H3/b19-16-,26-25-,29-28-/t52-/m1/s1. The number of carbonyl (C=O) groups excluding carboxylic acids is 3. The largest absolute Gasteiger partial charge is 0.462 e. The summed E-state index contributed by atoms with van der Waals surface area (Å²) >= 11 is 0. The van der Waals surface area contributed by atoms with Crippen molar-refractivity contribution < 1.29 is 28.6 Å². The van der Waals surface area contributed by atoms with Gasteiger partial charge in [-0.15, -0.1) is 0 Å². The van der Waals surface area contributed by atoms with E-state index in [1.807, 2.05) is 0 Å². The van der Waals surface area contributed by atoms with Crippen LogP contribution in [-0.2, 0) is 28.6 Å². The van der Waals surface area contributed by atoms with Gasteiger partial charge in [0.15, 0.2) is 6.10 Å². The highest BCUT2D eigenvalue weighted by atomic mass is 16.6. The summed E-state index contributed by atoms with van der Waals surface area (Å²) < 4.78 is 16.8. The highest BCUT2D eigenvalue weighted by Crippen LogP contribution is 2.16. The van der Waals surface area contributed by atoms with E-state index in [0.717, 1.165) is 77.0 Å². The van der Waals surface area contributed by atoms with Crippen LogP contribution >= 0.6 is 0 Å². The smallest absolute Gasteiger partial charge is 0.306 e. The Hall–Kier alpha value is -2.37. The molecule has 61 heavy (non-hydrogen) atoms. The van der Waals surface area contributed by atoms with Crippen molar-refractivity contribution in [2.24, 2.45) is 0 Å². The molecular weight excluding hydrogens is 757 g/mol. The zero-order valence-electron chi connectivity index (χ0n) is 40.7. The summed E-state index contributed by atoms with van der Waals surface area (Å²) in [6.45, 7) is 6.62. The van der Waals surface area contributed by atoms with E-state index in [0.29, 0.717) is 19.3 Å². The lowest BCUT2D eigenvalue weighted by Gasteiger charge is -2.18. The van der Waals surface area contributed by atoms with E-state index in [4.69, 9.17) is 14.2 Å². The van der Waals surface area contributed by atoms with Gasteiger partial charge < -0.3 is 14.2 Å². The van der Waals surface area contributed by atoms with Crippen molar-refractivity contribution in [1.82, 2.24) is 0 Å². The molecule has 0 heterocycles. The molecule has 0 fully saturated rings. The van der Waals surface area contributed by atoms with E-state index in [9.17, 15) is 14.4 Å². The van der Waals surface area contributed by atoms with Crippen molar-refractivity contribution in [2.75, 3.05) is 13.2 Å². The van der Waals surface area contributed by atoms with Crippen LogP contribution in [0, 0.1) is 0 Å². The molecule has 0 aliphatic rings. The first kappa shape index (κ1) is 58.6. The van der Waals surface area contributed by atoms with Gasteiger partial charge in [0.2, 0.25) is 0 Å². The van der Waals surface area contributed by atoms with Crippen LogP contribution in [0.3, 0.4) is 0 Å². The molecular formula is C55H100O6. The minimum atomic E-state index is -0.771. The van der Waals surface area contributed by atoms with Gasteiger partial charge in [0.05, 0.1) is 0 Å². The molecule has 0 aromatic rings. The van der Waals surface area contributed by atoms with Crippen LogP contribution in [0.4, 0.5) is 0 Å². The van der Waals surface area contributed by atoms with Gasteiger partial charge in [0.25, 0.3) is 0 Å². The second-order valence-corrected chi connectivity index (χ2v) is 17.8. The van der Waals surface area contributed by atoms with Crippen molar-refractivity contribution in [3.05, 3.63) is 36.5 Å². The molecule has 0 aromatic heterocycles. The van der Waals surface area contributed by atoms with Gasteiger partial charge in [-0.2, -0.15) is 0 Å². The van der Waals surface area contributed by atoms with Crippen molar-refractivity contribution in [3.63, 3.8) is 0 Å². The molecule has 0 rings (SSSR count). The third-order valence-corrected chi connectivity index (χ3v) is 11.6. The van der Waals surface area contributed by atoms with E-state index in [1.165, 1.54) is 161 Å². The third kappa shape index (κ3) is 48.5. The van der Waals surface area contributed by atoms with Crippen molar-refractivity contribution in [2.45, 2.75) is 284 Å². The number of hydrogen-bond acceptors (Lipinski definition) is 6. The van der Waals surface area contributed by atoms with Gasteiger partial charge in [0.1, 0.15) is 13.2 Å². The molecule has 0 saturated carbocycles. The molecule has 0 spiro atoms. The van der Waals surface area contributed by atoms with E-state index >= 15 is 0 Å². The molecule has 0 amide bonds. The Labute approximate surface area is 378 Å². The van der Waals surface area contributed by atoms with E-state index < -0.39 is 6.10 Å². The second-order valence-electron chi connectivity index (χ2n) is 17.8. The van der Waals surface area contributed by atoms with Crippen LogP contribution < -0.4 is 0 Å². The lowest BCUT2D eigenvalue weighted by molar-refractivity contribution is -0.167. The summed E-state index contributed by atoms with van der Waals surface area (Å²) in [6.07, 6.45) is 58.4. The zero-order valence-corrected chi connectivity index (χ0v) is 40.7. The fourth-order valence-electron chi connectivity index (χ4n) is 7.63. The molecule has 0 unspecified atom stereocenters. The van der Waals surface area contributed by atoms with Crippen LogP contribution in [-0.4, -0.2) is 37.2 Å². The molecule has 0 aliphatic heterocycles. The second kappa shape index (κ2) is 50.3. The van der Waals surface area contributed by atoms with Crippen LogP contribution in [0.2, 0.25) is 0 Å². The summed E-state index contributed by atoms with van der Waals surface area (Å²) in [5.74, 6) is -0.874. The Kier molecular flexibility index (Phi) is 48.3. The fraction of sp³-hybridized carbons (Fsp3) is 0.836. The lowest BCUT2D eigenvalue weighted by atomic mass is 10.0. The summed E-state index contributed by atoms with van der Waals surface area (Å²) in [5.41, 5.74) is 0. The maximum Gasteiger partial charge on any atom is 0.306 e. The average molecular weight is 857 g/mol. The van der Waals surface area contributed by atoms with Gasteiger partial charge in [-0.1, -0.05) is 237 Å². The maximum atomic E-state index is 12.8. The molecule has 0 N–H and O–H groups in total. The SMILES string of the molecule is CCCCC/C=C\C/C=C\C/C=C\CCCCCCCCC(=O)OC[C@@H](COC(=O)CCCCCCCCCCCCCC)OC(=O)CCCCCCCCCCCCCC. The van der Waals surface area contributed by atoms with E-state index in [1.54, 1.807) is 0 Å². The van der Waals surface area contributed by atoms with E-state index in [-0.39, 0.29) is 31.1 Å². The number of carbonyl (C=O) groups is 3. The Morgan fingerprint density at radius 1 is 0.328 bits per heavy atom. The first-order valence-electron chi connectivity index (χ1n) is 26.5. The number of hydrogen-bond donors (Lipinski definition) is 0. The number of esters is 3. The maximum absolute atomic E-state index is 12.8. The average Bonchev–Trinajstić information content (AvgIpc) is 3.26. The number of unbranched alkanes of at least 4 members (excludes halogenated alkanes) is 31. The van der Waals surface area contributed by atoms with Crippen molar-refractivity contribution in [3.8, 4) is 0 Å². The molecule has 356 valence electrons. The normalized spacial score (nSPS) is 12.2. The summed E-state index contributed by atoms with van der Waals surface area (Å²) in [7, 11) is 0. The highest BCUT2D eigenvalue weighted by Gasteiger charge is 2.19. The number of rotatable bonds is 48. The van der Waals surface area contributed by atoms with Gasteiger partial charge in [-0.3, -0.25) is 14.4 Å². The topological polar surface area (TPSA) is 78.9 Å². The molecule has 0 saturated heterocycles. The first-order valence-corrected chi connectivity index (χ1v) is 26.5. The number of allylic oxidation sites excluding steroid dienone is 6. The van der Waals surface area contributed by atoms with Crippen LogP contribution in [0.15, 0.2) is 36.5 Å². The monoisotopic (exact) mass is 857 g/mol. The summed E-state index contributed by atoms with van der Waals surface area (Å²) in [6, 6.07) is 0. The lowest BCUT2D eigenvalue weighted by Crippen LogP contribution is -2.30. The Balaban J connectivity index is 4.33. The van der Waals surface area contributed by atoms with Gasteiger partial charge in [-0.05, 0) is 57.8 Å². The van der Waals surface area contributed by atoms with Crippen LogP contribution in [0.5, 0.6) is 0 Å². The van der Waals surface area contributed by atoms with Crippen LogP contribution in [0.1, 0.15) is 278 Å². The molecule has 0 bridgehead atoms. The third-order valence-electron chi connectivity index (χ3n) is 11.6. The number of ether oxygens (including phenoxy) is 3. The first-order chi connectivity index (χ1) is 30.0. The van der Waals surface area contributed by atoms with E-state index in [2.05, 4.69) is 57.2 Å². The van der Waals surface area contributed by atoms with Gasteiger partial charge >= 0.3 is 17.9 Å². The Morgan fingerprint density at radius 3 is 0.951 bits per heavy atom. The summed E-state index contributed by atoms with van der Waals surface area (Å²) in [4.78, 5) is 37.9. The van der Waals surface area contributed by atoms with Crippen LogP contribution in [0.25, 0.3) is 0 Å². The van der Waals surface area contributed by atoms with Gasteiger partial charge in [-0.25, -0.2) is 0 Å². The molecule has 6 nitrogen and oxygen atoms in total. The predicted molar refractivity (Wildman–Crippen MR) is 261 cm³/mol. The molecule has 0 aliphatic carbocycles. The van der Waals surface area contributed by atoms with Crippen molar-refractivity contribution in [1.29, 1.82) is 0 Å². The summed E-state index contributed by atoms with van der Waals surface area (Å²) in [5, 5.41) is 0. The molecule has 1 atom stereocenters. The molecule has 0 aromatic carbocycles. The Morgan fingerprint density at radius 2 is 0.590 bits per heavy atom. The predicted octanol–water partition coefficient (Wildman–Crippen LogP) is 17.3.